The summed E-state index contributed by atoms with van der Waals surface area (Å²) < 4.78 is 2.87. The second-order valence-corrected chi connectivity index (χ2v) is 7.37. The molecule has 0 aliphatic heterocycles. The largest absolute Gasteiger partial charge is 0.354 e. The quantitative estimate of drug-likeness (QED) is 0.823. The first-order chi connectivity index (χ1) is 12.5. The van der Waals surface area contributed by atoms with Crippen molar-refractivity contribution in [2.75, 3.05) is 6.54 Å². The lowest BCUT2D eigenvalue weighted by Crippen LogP contribution is -2.37. The summed E-state index contributed by atoms with van der Waals surface area (Å²) in [5.41, 5.74) is 1.50. The highest BCUT2D eigenvalue weighted by molar-refractivity contribution is 5.75. The first-order valence-electron chi connectivity index (χ1n) is 9.06. The van der Waals surface area contributed by atoms with Gasteiger partial charge in [0, 0.05) is 18.3 Å². The summed E-state index contributed by atoms with van der Waals surface area (Å²) in [5, 5.41) is 11.6. The molecule has 0 spiro atoms. The number of aromatic nitrogens is 4. The number of amides is 1. The standard InChI is InChI=1S/C19H23N5O2/c1-12-7-13(2)24(21-12)17-5-6-19(26)23(22-17)11-18(25)20-10-16-9-14-3-4-15(16)8-14/h3-7,14-16H,8-11H2,1-2H3,(H,20,25)/t14-,15-,16-/m1/s1. The SMILES string of the molecule is Cc1cc(C)n(-c2ccc(=O)n(CC(=O)NC[C@H]3C[C@@H]4C=C[C@@H]3C4)n2)n1. The van der Waals surface area contributed by atoms with E-state index in [0.717, 1.165) is 17.8 Å². The predicted molar refractivity (Wildman–Crippen MR) is 96.9 cm³/mol. The van der Waals surface area contributed by atoms with E-state index < -0.39 is 0 Å². The zero-order chi connectivity index (χ0) is 18.3. The highest BCUT2D eigenvalue weighted by Crippen LogP contribution is 2.42. The Morgan fingerprint density at radius 3 is 2.73 bits per heavy atom. The molecular weight excluding hydrogens is 330 g/mol. The molecule has 26 heavy (non-hydrogen) atoms. The Morgan fingerprint density at radius 1 is 1.23 bits per heavy atom. The van der Waals surface area contributed by atoms with Crippen LogP contribution in [-0.2, 0) is 11.3 Å². The molecule has 0 saturated heterocycles. The maximum absolute atomic E-state index is 12.3. The van der Waals surface area contributed by atoms with Gasteiger partial charge in [-0.05, 0) is 56.6 Å². The number of nitrogens with one attached hydrogen (secondary N) is 1. The van der Waals surface area contributed by atoms with E-state index in [0.29, 0.717) is 30.1 Å². The van der Waals surface area contributed by atoms with Gasteiger partial charge < -0.3 is 5.32 Å². The molecule has 7 nitrogen and oxygen atoms in total. The minimum Gasteiger partial charge on any atom is -0.354 e. The summed E-state index contributed by atoms with van der Waals surface area (Å²) in [6.45, 7) is 4.41. The van der Waals surface area contributed by atoms with Crippen LogP contribution in [0.25, 0.3) is 5.82 Å². The smallest absolute Gasteiger partial charge is 0.267 e. The maximum Gasteiger partial charge on any atom is 0.267 e. The Kier molecular flexibility index (Phi) is 4.22. The number of aryl methyl sites for hydroxylation is 2. The molecule has 7 heteroatoms. The number of nitrogens with zero attached hydrogens (tertiary/aromatic N) is 4. The fourth-order valence-electron chi connectivity index (χ4n) is 4.09. The Morgan fingerprint density at radius 2 is 2.08 bits per heavy atom. The number of hydrogen-bond acceptors (Lipinski definition) is 4. The van der Waals surface area contributed by atoms with Gasteiger partial charge >= 0.3 is 0 Å². The molecule has 2 aromatic rings. The molecule has 0 radical (unpaired) electrons. The zero-order valence-corrected chi connectivity index (χ0v) is 15.1. The van der Waals surface area contributed by atoms with Gasteiger partial charge in [-0.1, -0.05) is 12.2 Å². The van der Waals surface area contributed by atoms with E-state index in [9.17, 15) is 9.59 Å². The van der Waals surface area contributed by atoms with Crippen LogP contribution in [0.4, 0.5) is 0 Å². The van der Waals surface area contributed by atoms with Crippen LogP contribution in [0.15, 0.2) is 35.1 Å². The van der Waals surface area contributed by atoms with Gasteiger partial charge in [0.1, 0.15) is 6.54 Å². The number of rotatable bonds is 5. The second-order valence-electron chi connectivity index (χ2n) is 7.37. The highest BCUT2D eigenvalue weighted by atomic mass is 16.2. The molecule has 2 bridgehead atoms. The van der Waals surface area contributed by atoms with Crippen molar-refractivity contribution in [1.82, 2.24) is 24.9 Å². The normalized spacial score (nSPS) is 23.5. The Labute approximate surface area is 151 Å². The summed E-state index contributed by atoms with van der Waals surface area (Å²) >= 11 is 0. The van der Waals surface area contributed by atoms with E-state index >= 15 is 0 Å². The lowest BCUT2D eigenvalue weighted by atomic mass is 9.94. The second kappa shape index (κ2) is 6.55. The summed E-state index contributed by atoms with van der Waals surface area (Å²) in [6, 6.07) is 4.98. The van der Waals surface area contributed by atoms with Crippen LogP contribution in [0.3, 0.4) is 0 Å². The third-order valence-corrected chi connectivity index (χ3v) is 5.35. The third-order valence-electron chi connectivity index (χ3n) is 5.35. The first kappa shape index (κ1) is 16.8. The van der Waals surface area contributed by atoms with Gasteiger partial charge in [0.2, 0.25) is 5.91 Å². The van der Waals surface area contributed by atoms with Gasteiger partial charge in [-0.15, -0.1) is 5.10 Å². The van der Waals surface area contributed by atoms with Gasteiger partial charge in [-0.25, -0.2) is 9.36 Å². The minimum absolute atomic E-state index is 0.0807. The van der Waals surface area contributed by atoms with Crippen LogP contribution in [0.2, 0.25) is 0 Å². The van der Waals surface area contributed by atoms with Crippen LogP contribution < -0.4 is 10.9 Å². The van der Waals surface area contributed by atoms with Crippen LogP contribution in [-0.4, -0.2) is 32.0 Å². The number of carbonyl (C=O) groups is 1. The molecule has 2 aliphatic carbocycles. The molecule has 2 aliphatic rings. The Bertz CT molecular complexity index is 926. The van der Waals surface area contributed by atoms with E-state index in [1.165, 1.54) is 17.2 Å². The topological polar surface area (TPSA) is 81.8 Å². The van der Waals surface area contributed by atoms with Gasteiger partial charge in [0.15, 0.2) is 5.82 Å². The Hall–Kier alpha value is -2.70. The summed E-state index contributed by atoms with van der Waals surface area (Å²) in [4.78, 5) is 24.4. The number of carbonyl (C=O) groups excluding carboxylic acids is 1. The van der Waals surface area contributed by atoms with Crippen LogP contribution in [0, 0.1) is 31.6 Å². The van der Waals surface area contributed by atoms with Crippen molar-refractivity contribution in [1.29, 1.82) is 0 Å². The number of fused-ring (bicyclic) bond motifs is 2. The average molecular weight is 353 g/mol. The molecule has 1 fully saturated rings. The van der Waals surface area contributed by atoms with Crippen molar-refractivity contribution in [3.63, 3.8) is 0 Å². The van der Waals surface area contributed by atoms with Crippen molar-refractivity contribution < 1.29 is 4.79 Å². The molecule has 1 saturated carbocycles. The van der Waals surface area contributed by atoms with Gasteiger partial charge in [-0.2, -0.15) is 5.10 Å². The van der Waals surface area contributed by atoms with E-state index in [1.54, 1.807) is 10.7 Å². The third kappa shape index (κ3) is 3.21. The van der Waals surface area contributed by atoms with E-state index in [1.807, 2.05) is 19.9 Å². The van der Waals surface area contributed by atoms with Gasteiger partial charge in [0.05, 0.1) is 5.69 Å². The molecule has 3 atom stereocenters. The minimum atomic E-state index is -0.298. The number of allylic oxidation sites excluding steroid dienone is 2. The fraction of sp³-hybridized carbons (Fsp3) is 0.474. The van der Waals surface area contributed by atoms with Crippen molar-refractivity contribution in [2.45, 2.75) is 33.2 Å². The highest BCUT2D eigenvalue weighted by Gasteiger charge is 2.35. The lowest BCUT2D eigenvalue weighted by Gasteiger charge is -2.18. The van der Waals surface area contributed by atoms with Gasteiger partial charge in [0.25, 0.3) is 5.56 Å². The molecule has 2 aromatic heterocycles. The molecule has 4 rings (SSSR count). The van der Waals surface area contributed by atoms with E-state index in [-0.39, 0.29) is 18.0 Å². The number of hydrogen-bond donors (Lipinski definition) is 1. The summed E-state index contributed by atoms with van der Waals surface area (Å²) in [7, 11) is 0. The van der Waals surface area contributed by atoms with Crippen molar-refractivity contribution >= 4 is 5.91 Å². The average Bonchev–Trinajstić information content (AvgIpc) is 3.30. The summed E-state index contributed by atoms with van der Waals surface area (Å²) in [6.07, 6.45) is 6.92. The van der Waals surface area contributed by atoms with Crippen LogP contribution in [0.1, 0.15) is 24.2 Å². The summed E-state index contributed by atoms with van der Waals surface area (Å²) in [5.74, 6) is 2.14. The first-order valence-corrected chi connectivity index (χ1v) is 9.06. The monoisotopic (exact) mass is 353 g/mol. The zero-order valence-electron chi connectivity index (χ0n) is 15.1. The Balaban J connectivity index is 1.43. The molecule has 2 heterocycles. The molecular formula is C19H23N5O2. The van der Waals surface area contributed by atoms with E-state index in [4.69, 9.17) is 0 Å². The van der Waals surface area contributed by atoms with Crippen molar-refractivity contribution in [3.8, 4) is 5.82 Å². The van der Waals surface area contributed by atoms with Crippen molar-refractivity contribution in [3.05, 3.63) is 52.1 Å². The lowest BCUT2D eigenvalue weighted by molar-refractivity contribution is -0.122. The predicted octanol–water partition coefficient (Wildman–Crippen LogP) is 1.37. The molecule has 136 valence electrons. The van der Waals surface area contributed by atoms with E-state index in [2.05, 4.69) is 27.7 Å². The van der Waals surface area contributed by atoms with Gasteiger partial charge in [-0.3, -0.25) is 9.59 Å². The molecule has 1 amide bonds. The maximum atomic E-state index is 12.3. The van der Waals surface area contributed by atoms with Crippen molar-refractivity contribution in [2.24, 2.45) is 17.8 Å². The molecule has 0 aromatic carbocycles. The fourth-order valence-corrected chi connectivity index (χ4v) is 4.09. The molecule has 1 N–H and O–H groups in total. The molecule has 0 unspecified atom stereocenters. The van der Waals surface area contributed by atoms with Crippen LogP contribution >= 0.6 is 0 Å². The van der Waals surface area contributed by atoms with Crippen LogP contribution in [0.5, 0.6) is 0 Å².